The molecule has 16 heavy (non-hydrogen) atoms. The van der Waals surface area contributed by atoms with E-state index in [0.29, 0.717) is 5.69 Å². The van der Waals surface area contributed by atoms with E-state index in [1.54, 1.807) is 0 Å². The fourth-order valence-electron chi connectivity index (χ4n) is 2.02. The minimum atomic E-state index is 0.0346. The van der Waals surface area contributed by atoms with Gasteiger partial charge in [0.2, 0.25) is 0 Å². The van der Waals surface area contributed by atoms with Crippen LogP contribution in [0.1, 0.15) is 31.4 Å². The molecule has 0 saturated heterocycles. The lowest BCUT2D eigenvalue weighted by molar-refractivity contribution is 0.623. The van der Waals surface area contributed by atoms with Crippen molar-refractivity contribution in [1.82, 2.24) is 4.98 Å². The van der Waals surface area contributed by atoms with Crippen molar-refractivity contribution in [2.45, 2.75) is 30.6 Å². The summed E-state index contributed by atoms with van der Waals surface area (Å²) in [5, 5.41) is 7.25. The van der Waals surface area contributed by atoms with Gasteiger partial charge in [0.25, 0.3) is 0 Å². The van der Waals surface area contributed by atoms with Crippen LogP contribution in [-0.2, 0) is 0 Å². The molecule has 1 aromatic heterocycles. The molecule has 4 heteroatoms. The maximum Gasteiger partial charge on any atom is 0.141 e. The van der Waals surface area contributed by atoms with E-state index in [4.69, 9.17) is 11.1 Å². The van der Waals surface area contributed by atoms with Crippen molar-refractivity contribution < 1.29 is 0 Å². The highest BCUT2D eigenvalue weighted by Crippen LogP contribution is 2.30. The molecule has 1 saturated carbocycles. The van der Waals surface area contributed by atoms with E-state index < -0.39 is 0 Å². The second-order valence-corrected chi connectivity index (χ2v) is 5.35. The highest BCUT2D eigenvalue weighted by molar-refractivity contribution is 7.99. The topological polar surface area (TPSA) is 62.8 Å². The molecule has 0 radical (unpaired) electrons. The van der Waals surface area contributed by atoms with Gasteiger partial charge in [0, 0.05) is 16.8 Å². The Morgan fingerprint density at radius 1 is 1.44 bits per heavy atom. The van der Waals surface area contributed by atoms with Crippen LogP contribution in [0.4, 0.5) is 0 Å². The molecular weight excluding hydrogens is 218 g/mol. The zero-order chi connectivity index (χ0) is 11.4. The Morgan fingerprint density at radius 3 is 2.75 bits per heavy atom. The van der Waals surface area contributed by atoms with Crippen molar-refractivity contribution in [3.63, 3.8) is 0 Å². The number of thioether (sulfide) groups is 1. The number of pyridine rings is 1. The van der Waals surface area contributed by atoms with Crippen LogP contribution in [0.5, 0.6) is 0 Å². The minimum Gasteiger partial charge on any atom is -0.382 e. The van der Waals surface area contributed by atoms with Gasteiger partial charge in [-0.3, -0.25) is 10.4 Å². The average Bonchev–Trinajstić information content (AvgIpc) is 2.80. The fourth-order valence-corrected chi connectivity index (χ4v) is 3.07. The van der Waals surface area contributed by atoms with Gasteiger partial charge >= 0.3 is 0 Å². The Labute approximate surface area is 100 Å². The van der Waals surface area contributed by atoms with Crippen LogP contribution in [0, 0.1) is 11.3 Å². The lowest BCUT2D eigenvalue weighted by atomic mass is 10.1. The Kier molecular flexibility index (Phi) is 3.83. The van der Waals surface area contributed by atoms with E-state index in [1.807, 2.05) is 30.1 Å². The van der Waals surface area contributed by atoms with Crippen molar-refractivity contribution in [2.24, 2.45) is 11.7 Å². The Morgan fingerprint density at radius 2 is 2.19 bits per heavy atom. The third-order valence-electron chi connectivity index (χ3n) is 2.97. The van der Waals surface area contributed by atoms with Crippen molar-refractivity contribution >= 4 is 17.6 Å². The van der Waals surface area contributed by atoms with Crippen LogP contribution in [0.25, 0.3) is 0 Å². The smallest absolute Gasteiger partial charge is 0.141 e. The second kappa shape index (κ2) is 5.34. The molecule has 0 atom stereocenters. The van der Waals surface area contributed by atoms with Crippen LogP contribution in [0.2, 0.25) is 0 Å². The standard InChI is InChI=1S/C12H17N3S/c13-12(14)11-6-5-10(7-15-11)16-8-9-3-1-2-4-9/h5-7,9H,1-4,8H2,(H3,13,14). The normalized spacial score (nSPS) is 16.5. The number of hydrogen-bond acceptors (Lipinski definition) is 3. The van der Waals surface area contributed by atoms with Crippen LogP contribution < -0.4 is 5.73 Å². The SMILES string of the molecule is N=C(N)c1ccc(SCC2CCCC2)cn1. The van der Waals surface area contributed by atoms with Crippen molar-refractivity contribution in [2.75, 3.05) is 5.75 Å². The number of nitrogens with zero attached hydrogens (tertiary/aromatic N) is 1. The van der Waals surface area contributed by atoms with Gasteiger partial charge in [-0.05, 0) is 30.9 Å². The molecule has 0 aliphatic heterocycles. The molecule has 86 valence electrons. The Balaban J connectivity index is 1.87. The summed E-state index contributed by atoms with van der Waals surface area (Å²) in [6.45, 7) is 0. The number of amidine groups is 1. The number of nitrogen functional groups attached to an aromatic ring is 1. The summed E-state index contributed by atoms with van der Waals surface area (Å²) >= 11 is 1.86. The maximum absolute atomic E-state index is 7.25. The number of nitrogens with two attached hydrogens (primary N) is 1. The van der Waals surface area contributed by atoms with E-state index in [2.05, 4.69) is 4.98 Å². The van der Waals surface area contributed by atoms with Gasteiger partial charge in [-0.1, -0.05) is 12.8 Å². The first-order valence-electron chi connectivity index (χ1n) is 5.69. The lowest BCUT2D eigenvalue weighted by Gasteiger charge is -2.08. The second-order valence-electron chi connectivity index (χ2n) is 4.25. The molecule has 0 aromatic carbocycles. The highest BCUT2D eigenvalue weighted by atomic mass is 32.2. The van der Waals surface area contributed by atoms with Gasteiger partial charge < -0.3 is 5.73 Å². The van der Waals surface area contributed by atoms with Crippen molar-refractivity contribution in [3.8, 4) is 0 Å². The quantitative estimate of drug-likeness (QED) is 0.479. The molecule has 0 spiro atoms. The molecule has 0 unspecified atom stereocenters. The predicted molar refractivity (Wildman–Crippen MR) is 67.9 cm³/mol. The van der Waals surface area contributed by atoms with E-state index in [9.17, 15) is 0 Å². The van der Waals surface area contributed by atoms with Crippen LogP contribution in [-0.4, -0.2) is 16.6 Å². The molecule has 0 amide bonds. The van der Waals surface area contributed by atoms with Crippen molar-refractivity contribution in [3.05, 3.63) is 24.0 Å². The monoisotopic (exact) mass is 235 g/mol. The lowest BCUT2D eigenvalue weighted by Crippen LogP contribution is -2.12. The van der Waals surface area contributed by atoms with Crippen LogP contribution in [0.15, 0.2) is 23.2 Å². The zero-order valence-corrected chi connectivity index (χ0v) is 10.1. The summed E-state index contributed by atoms with van der Waals surface area (Å²) < 4.78 is 0. The van der Waals surface area contributed by atoms with Gasteiger partial charge in [0.15, 0.2) is 0 Å². The van der Waals surface area contributed by atoms with E-state index in [1.165, 1.54) is 36.3 Å². The molecule has 1 aliphatic rings. The molecule has 1 aliphatic carbocycles. The first kappa shape index (κ1) is 11.5. The molecule has 1 heterocycles. The van der Waals surface area contributed by atoms with Gasteiger partial charge in [0.05, 0.1) is 0 Å². The maximum atomic E-state index is 7.25. The highest BCUT2D eigenvalue weighted by Gasteiger charge is 2.14. The summed E-state index contributed by atoms with van der Waals surface area (Å²) in [5.41, 5.74) is 5.91. The van der Waals surface area contributed by atoms with Crippen LogP contribution >= 0.6 is 11.8 Å². The summed E-state index contributed by atoms with van der Waals surface area (Å²) in [6, 6.07) is 3.82. The summed E-state index contributed by atoms with van der Waals surface area (Å²) in [7, 11) is 0. The summed E-state index contributed by atoms with van der Waals surface area (Å²) in [5.74, 6) is 2.12. The average molecular weight is 235 g/mol. The number of rotatable bonds is 4. The number of hydrogen-bond donors (Lipinski definition) is 2. The number of aromatic nitrogens is 1. The van der Waals surface area contributed by atoms with E-state index in [0.717, 1.165) is 5.92 Å². The third kappa shape index (κ3) is 2.98. The molecule has 3 nitrogen and oxygen atoms in total. The van der Waals surface area contributed by atoms with E-state index in [-0.39, 0.29) is 5.84 Å². The molecule has 1 aromatic rings. The van der Waals surface area contributed by atoms with Gasteiger partial charge in [-0.15, -0.1) is 11.8 Å². The predicted octanol–water partition coefficient (Wildman–Crippen LogP) is 2.65. The molecule has 0 bridgehead atoms. The fraction of sp³-hybridized carbons (Fsp3) is 0.500. The zero-order valence-electron chi connectivity index (χ0n) is 9.28. The number of nitrogens with one attached hydrogen (secondary N) is 1. The largest absolute Gasteiger partial charge is 0.382 e. The van der Waals surface area contributed by atoms with Gasteiger partial charge in [-0.25, -0.2) is 0 Å². The van der Waals surface area contributed by atoms with Gasteiger partial charge in [-0.2, -0.15) is 0 Å². The molecule has 2 rings (SSSR count). The molecule has 1 fully saturated rings. The Hall–Kier alpha value is -1.03. The van der Waals surface area contributed by atoms with Gasteiger partial charge in [0.1, 0.15) is 11.5 Å². The van der Waals surface area contributed by atoms with Crippen LogP contribution in [0.3, 0.4) is 0 Å². The van der Waals surface area contributed by atoms with Crippen molar-refractivity contribution in [1.29, 1.82) is 5.41 Å². The van der Waals surface area contributed by atoms with E-state index >= 15 is 0 Å². The molecule has 3 N–H and O–H groups in total. The third-order valence-corrected chi connectivity index (χ3v) is 4.19. The first-order chi connectivity index (χ1) is 7.75. The summed E-state index contributed by atoms with van der Waals surface area (Å²) in [6.07, 6.45) is 7.37. The first-order valence-corrected chi connectivity index (χ1v) is 6.67. The molecular formula is C12H17N3S. The minimum absolute atomic E-state index is 0.0346. The summed E-state index contributed by atoms with van der Waals surface area (Å²) in [4.78, 5) is 5.33. The Bertz CT molecular complexity index is 355.